The molecule has 0 spiro atoms. The second-order valence-corrected chi connectivity index (χ2v) is 8.56. The van der Waals surface area contributed by atoms with Crippen LogP contribution < -0.4 is 4.74 Å². The van der Waals surface area contributed by atoms with Crippen LogP contribution in [0, 0.1) is 6.92 Å². The molecule has 1 fully saturated rings. The first-order valence-electron chi connectivity index (χ1n) is 8.74. The van der Waals surface area contributed by atoms with Crippen LogP contribution in [0.1, 0.15) is 18.1 Å². The lowest BCUT2D eigenvalue weighted by Crippen LogP contribution is -2.51. The van der Waals surface area contributed by atoms with Crippen molar-refractivity contribution in [1.82, 2.24) is 4.31 Å². The minimum absolute atomic E-state index is 0.151. The molecule has 2 unspecified atom stereocenters. The highest BCUT2D eigenvalue weighted by atomic mass is 32.2. The second kappa shape index (κ2) is 7.78. The number of hydrogen-bond donors (Lipinski definition) is 0. The zero-order valence-corrected chi connectivity index (χ0v) is 16.2. The van der Waals surface area contributed by atoms with Crippen LogP contribution in [0.5, 0.6) is 5.75 Å². The molecule has 0 saturated carbocycles. The molecule has 0 aromatic heterocycles. The minimum atomic E-state index is -3.59. The maximum atomic E-state index is 13.2. The van der Waals surface area contributed by atoms with Crippen molar-refractivity contribution in [3.05, 3.63) is 59.7 Å². The van der Waals surface area contributed by atoms with Gasteiger partial charge in [0.2, 0.25) is 10.0 Å². The Balaban J connectivity index is 1.83. The molecule has 0 radical (unpaired) electrons. The molecule has 5 nitrogen and oxygen atoms in total. The van der Waals surface area contributed by atoms with E-state index in [1.54, 1.807) is 36.5 Å². The topological polar surface area (TPSA) is 55.8 Å². The number of rotatable bonds is 5. The summed E-state index contributed by atoms with van der Waals surface area (Å²) in [6, 6.07) is 14.9. The van der Waals surface area contributed by atoms with Crippen LogP contribution in [-0.2, 0) is 21.2 Å². The molecule has 1 saturated heterocycles. The highest BCUT2D eigenvalue weighted by molar-refractivity contribution is 7.89. The number of aryl methyl sites for hydroxylation is 1. The SMILES string of the molecule is COc1ccc(S(=O)(=O)N2CC(Cc3ccccc3)OCC2C)c(C)c1. The third-order valence-electron chi connectivity index (χ3n) is 4.72. The van der Waals surface area contributed by atoms with Crippen molar-refractivity contribution in [1.29, 1.82) is 0 Å². The first-order valence-corrected chi connectivity index (χ1v) is 10.2. The Kier molecular flexibility index (Phi) is 5.65. The quantitative estimate of drug-likeness (QED) is 0.806. The molecule has 2 atom stereocenters. The number of sulfonamides is 1. The van der Waals surface area contributed by atoms with E-state index in [1.807, 2.05) is 37.3 Å². The van der Waals surface area contributed by atoms with Crippen LogP contribution in [0.3, 0.4) is 0 Å². The van der Waals surface area contributed by atoms with E-state index >= 15 is 0 Å². The zero-order chi connectivity index (χ0) is 18.7. The third-order valence-corrected chi connectivity index (χ3v) is 6.86. The molecule has 2 aromatic carbocycles. The molecule has 2 aromatic rings. The van der Waals surface area contributed by atoms with Crippen LogP contribution in [0.2, 0.25) is 0 Å². The van der Waals surface area contributed by atoms with Crippen molar-refractivity contribution >= 4 is 10.0 Å². The third kappa shape index (κ3) is 3.92. The number of ether oxygens (including phenoxy) is 2. The average molecular weight is 375 g/mol. The minimum Gasteiger partial charge on any atom is -0.497 e. The molecule has 1 aliphatic rings. The fourth-order valence-corrected chi connectivity index (χ4v) is 5.15. The Bertz CT molecular complexity index is 851. The molecule has 0 N–H and O–H groups in total. The lowest BCUT2D eigenvalue weighted by Gasteiger charge is -2.37. The number of hydrogen-bond acceptors (Lipinski definition) is 4. The van der Waals surface area contributed by atoms with E-state index < -0.39 is 10.0 Å². The maximum Gasteiger partial charge on any atom is 0.243 e. The van der Waals surface area contributed by atoms with Crippen molar-refractivity contribution in [3.63, 3.8) is 0 Å². The number of morpholine rings is 1. The Morgan fingerprint density at radius 1 is 1.19 bits per heavy atom. The Morgan fingerprint density at radius 3 is 2.58 bits per heavy atom. The Labute approximate surface area is 155 Å². The van der Waals surface area contributed by atoms with Crippen LogP contribution in [0.4, 0.5) is 0 Å². The number of benzene rings is 2. The molecule has 1 aliphatic heterocycles. The fourth-order valence-electron chi connectivity index (χ4n) is 3.29. The molecule has 3 rings (SSSR count). The molecule has 6 heteroatoms. The molecular formula is C20H25NO4S. The summed E-state index contributed by atoms with van der Waals surface area (Å²) in [5.74, 6) is 0.651. The van der Waals surface area contributed by atoms with Crippen LogP contribution in [0.25, 0.3) is 0 Å². The summed E-state index contributed by atoms with van der Waals surface area (Å²) < 4.78 is 39.1. The zero-order valence-electron chi connectivity index (χ0n) is 15.4. The van der Waals surface area contributed by atoms with Gasteiger partial charge in [-0.15, -0.1) is 0 Å². The predicted octanol–water partition coefficient (Wildman–Crippen LogP) is 3.02. The molecule has 140 valence electrons. The molecule has 0 aliphatic carbocycles. The average Bonchev–Trinajstić information content (AvgIpc) is 2.63. The van der Waals surface area contributed by atoms with Gasteiger partial charge in [0.15, 0.2) is 0 Å². The van der Waals surface area contributed by atoms with E-state index in [4.69, 9.17) is 9.47 Å². The van der Waals surface area contributed by atoms with Gasteiger partial charge in [0.25, 0.3) is 0 Å². The van der Waals surface area contributed by atoms with Crippen molar-refractivity contribution in [2.45, 2.75) is 37.3 Å². The second-order valence-electron chi connectivity index (χ2n) is 6.70. The van der Waals surface area contributed by atoms with Gasteiger partial charge in [0.05, 0.1) is 24.7 Å². The first-order chi connectivity index (χ1) is 12.4. The summed E-state index contributed by atoms with van der Waals surface area (Å²) in [5.41, 5.74) is 1.83. The van der Waals surface area contributed by atoms with Crippen molar-refractivity contribution < 1.29 is 17.9 Å². The van der Waals surface area contributed by atoms with Crippen molar-refractivity contribution in [3.8, 4) is 5.75 Å². The monoisotopic (exact) mass is 375 g/mol. The van der Waals surface area contributed by atoms with Gasteiger partial charge in [-0.05, 0) is 49.6 Å². The van der Waals surface area contributed by atoms with E-state index in [2.05, 4.69) is 0 Å². The normalized spacial score (nSPS) is 21.5. The molecular weight excluding hydrogens is 350 g/mol. The van der Waals surface area contributed by atoms with Crippen molar-refractivity contribution in [2.24, 2.45) is 0 Å². The lowest BCUT2D eigenvalue weighted by molar-refractivity contribution is -0.0265. The van der Waals surface area contributed by atoms with E-state index in [9.17, 15) is 8.42 Å². The Hall–Kier alpha value is -1.89. The van der Waals surface area contributed by atoms with Gasteiger partial charge in [-0.1, -0.05) is 30.3 Å². The van der Waals surface area contributed by atoms with Gasteiger partial charge in [0, 0.05) is 12.6 Å². The maximum absolute atomic E-state index is 13.2. The van der Waals surface area contributed by atoms with E-state index in [0.29, 0.717) is 35.8 Å². The van der Waals surface area contributed by atoms with Gasteiger partial charge in [0.1, 0.15) is 5.75 Å². The van der Waals surface area contributed by atoms with E-state index in [-0.39, 0.29) is 12.1 Å². The smallest absolute Gasteiger partial charge is 0.243 e. The van der Waals surface area contributed by atoms with Gasteiger partial charge in [-0.25, -0.2) is 8.42 Å². The van der Waals surface area contributed by atoms with Gasteiger partial charge in [-0.2, -0.15) is 4.31 Å². The first kappa shape index (κ1) is 18.9. The summed E-state index contributed by atoms with van der Waals surface area (Å²) in [5, 5.41) is 0. The van der Waals surface area contributed by atoms with Gasteiger partial charge in [-0.3, -0.25) is 0 Å². The fraction of sp³-hybridized carbons (Fsp3) is 0.400. The highest BCUT2D eigenvalue weighted by Crippen LogP contribution is 2.28. The summed E-state index contributed by atoms with van der Waals surface area (Å²) in [6.45, 7) is 4.42. The van der Waals surface area contributed by atoms with E-state index in [1.165, 1.54) is 0 Å². The van der Waals surface area contributed by atoms with E-state index in [0.717, 1.165) is 5.56 Å². The van der Waals surface area contributed by atoms with Crippen LogP contribution in [0.15, 0.2) is 53.4 Å². The molecule has 0 bridgehead atoms. The highest BCUT2D eigenvalue weighted by Gasteiger charge is 2.36. The number of nitrogens with zero attached hydrogens (tertiary/aromatic N) is 1. The number of methoxy groups -OCH3 is 1. The summed E-state index contributed by atoms with van der Waals surface area (Å²) >= 11 is 0. The molecule has 26 heavy (non-hydrogen) atoms. The summed E-state index contributed by atoms with van der Waals surface area (Å²) in [4.78, 5) is 0.325. The Morgan fingerprint density at radius 2 is 1.92 bits per heavy atom. The van der Waals surface area contributed by atoms with Crippen molar-refractivity contribution in [2.75, 3.05) is 20.3 Å². The predicted molar refractivity (Wildman–Crippen MR) is 101 cm³/mol. The molecule has 1 heterocycles. The van der Waals surface area contributed by atoms with Crippen LogP contribution >= 0.6 is 0 Å². The van der Waals surface area contributed by atoms with Gasteiger partial charge >= 0.3 is 0 Å². The molecule has 0 amide bonds. The largest absolute Gasteiger partial charge is 0.497 e. The summed E-state index contributed by atoms with van der Waals surface area (Å²) in [7, 11) is -2.02. The lowest BCUT2D eigenvalue weighted by atomic mass is 10.1. The van der Waals surface area contributed by atoms with Crippen LogP contribution in [-0.4, -0.2) is 45.1 Å². The van der Waals surface area contributed by atoms with Gasteiger partial charge < -0.3 is 9.47 Å². The standard InChI is InChI=1S/C20H25NO4S/c1-15-11-18(24-3)9-10-20(15)26(22,23)21-13-19(25-14-16(21)2)12-17-7-5-4-6-8-17/h4-11,16,19H,12-14H2,1-3H3. The summed E-state index contributed by atoms with van der Waals surface area (Å²) in [6.07, 6.45) is 0.545.